The summed E-state index contributed by atoms with van der Waals surface area (Å²) in [6.45, 7) is 3.76. The second-order valence-corrected chi connectivity index (χ2v) is 6.11. The number of urea groups is 1. The third kappa shape index (κ3) is 4.85. The molecule has 0 aliphatic carbocycles. The Morgan fingerprint density at radius 1 is 1.29 bits per heavy atom. The van der Waals surface area contributed by atoms with Crippen molar-refractivity contribution < 1.29 is 9.59 Å². The molecule has 2 rings (SSSR count). The molecule has 0 bridgehead atoms. The largest absolute Gasteiger partial charge is 0.352 e. The van der Waals surface area contributed by atoms with Crippen molar-refractivity contribution in [2.24, 2.45) is 17.4 Å². The highest BCUT2D eigenvalue weighted by Crippen LogP contribution is 2.32. The van der Waals surface area contributed by atoms with Crippen LogP contribution in [0.4, 0.5) is 4.79 Å². The number of nitrogens with two attached hydrogens (primary N) is 2. The van der Waals surface area contributed by atoms with Crippen LogP contribution >= 0.6 is 12.4 Å². The van der Waals surface area contributed by atoms with Crippen LogP contribution in [-0.4, -0.2) is 42.5 Å². The molecule has 1 aromatic rings. The molecule has 0 spiro atoms. The Hall–Kier alpha value is -1.79. The van der Waals surface area contributed by atoms with Crippen molar-refractivity contribution in [2.45, 2.75) is 31.7 Å². The minimum atomic E-state index is -0.661. The predicted octanol–water partition coefficient (Wildman–Crippen LogP) is 1.45. The van der Waals surface area contributed by atoms with Crippen molar-refractivity contribution in [3.8, 4) is 0 Å². The van der Waals surface area contributed by atoms with Gasteiger partial charge in [0.1, 0.15) is 6.04 Å². The number of rotatable bonds is 6. The van der Waals surface area contributed by atoms with E-state index in [1.807, 2.05) is 30.0 Å². The van der Waals surface area contributed by atoms with Crippen molar-refractivity contribution in [1.29, 1.82) is 0 Å². The summed E-state index contributed by atoms with van der Waals surface area (Å²) in [4.78, 5) is 25.7. The van der Waals surface area contributed by atoms with E-state index < -0.39 is 12.1 Å². The van der Waals surface area contributed by atoms with E-state index in [0.717, 1.165) is 6.42 Å². The number of carbonyl (C=O) groups is 2. The minimum Gasteiger partial charge on any atom is -0.352 e. The van der Waals surface area contributed by atoms with Gasteiger partial charge in [0.25, 0.3) is 0 Å². The first-order valence-electron chi connectivity index (χ1n) is 8.16. The monoisotopic (exact) mass is 354 g/mol. The molecule has 3 atom stereocenters. The van der Waals surface area contributed by atoms with Crippen LogP contribution in [0.15, 0.2) is 30.3 Å². The normalized spacial score (nSPS) is 21.0. The molecule has 24 heavy (non-hydrogen) atoms. The maximum absolute atomic E-state index is 12.7. The van der Waals surface area contributed by atoms with Crippen LogP contribution in [0.1, 0.15) is 31.2 Å². The number of halogens is 1. The zero-order chi connectivity index (χ0) is 16.8. The standard InChI is InChI=1S/C17H26N4O2.ClH/c1-2-6-15(20-17(19)23)16(22)21-10-13(9-18)14(11-21)12-7-4-3-5-8-12;/h3-5,7-8,13-15H,2,6,9-11,18H2,1H3,(H3,19,20,23);1H/t13-,14+,15-;/m1./s1. The third-order valence-corrected chi connectivity index (χ3v) is 4.48. The number of benzene rings is 1. The van der Waals surface area contributed by atoms with E-state index in [4.69, 9.17) is 11.5 Å². The molecule has 6 nitrogen and oxygen atoms in total. The summed E-state index contributed by atoms with van der Waals surface area (Å²) in [7, 11) is 0. The fourth-order valence-corrected chi connectivity index (χ4v) is 3.31. The summed E-state index contributed by atoms with van der Waals surface area (Å²) in [5.41, 5.74) is 12.3. The topological polar surface area (TPSA) is 101 Å². The summed E-state index contributed by atoms with van der Waals surface area (Å²) >= 11 is 0. The van der Waals surface area contributed by atoms with Crippen LogP contribution in [0.25, 0.3) is 0 Å². The molecular weight excluding hydrogens is 328 g/mol. The first-order valence-corrected chi connectivity index (χ1v) is 8.16. The van der Waals surface area contributed by atoms with Gasteiger partial charge in [0.2, 0.25) is 5.91 Å². The van der Waals surface area contributed by atoms with Crippen molar-refractivity contribution in [3.05, 3.63) is 35.9 Å². The van der Waals surface area contributed by atoms with Gasteiger partial charge in [0.05, 0.1) is 0 Å². The van der Waals surface area contributed by atoms with Crippen LogP contribution in [0.3, 0.4) is 0 Å². The Bertz CT molecular complexity index is 541. The van der Waals surface area contributed by atoms with Gasteiger partial charge in [-0.1, -0.05) is 43.7 Å². The first kappa shape index (κ1) is 20.3. The van der Waals surface area contributed by atoms with Crippen molar-refractivity contribution in [3.63, 3.8) is 0 Å². The van der Waals surface area contributed by atoms with Crippen molar-refractivity contribution >= 4 is 24.3 Å². The maximum Gasteiger partial charge on any atom is 0.312 e. The van der Waals surface area contributed by atoms with Gasteiger partial charge in [-0.15, -0.1) is 12.4 Å². The smallest absolute Gasteiger partial charge is 0.312 e. The van der Waals surface area contributed by atoms with Gasteiger partial charge in [0.15, 0.2) is 0 Å². The van der Waals surface area contributed by atoms with Gasteiger partial charge in [-0.3, -0.25) is 4.79 Å². The fourth-order valence-electron chi connectivity index (χ4n) is 3.31. The predicted molar refractivity (Wildman–Crippen MR) is 97.0 cm³/mol. The number of hydrogen-bond acceptors (Lipinski definition) is 3. The second-order valence-electron chi connectivity index (χ2n) is 6.11. The zero-order valence-electron chi connectivity index (χ0n) is 14.0. The molecule has 1 aliphatic heterocycles. The van der Waals surface area contributed by atoms with Crippen molar-refractivity contribution in [1.82, 2.24) is 10.2 Å². The van der Waals surface area contributed by atoms with Gasteiger partial charge in [-0.2, -0.15) is 0 Å². The number of likely N-dealkylation sites (tertiary alicyclic amines) is 1. The molecule has 3 amide bonds. The van der Waals surface area contributed by atoms with Crippen LogP contribution in [-0.2, 0) is 4.79 Å². The van der Waals surface area contributed by atoms with Gasteiger partial charge in [-0.05, 0) is 24.4 Å². The van der Waals surface area contributed by atoms with Gasteiger partial charge >= 0.3 is 6.03 Å². The Kier molecular flexibility index (Phi) is 8.01. The lowest BCUT2D eigenvalue weighted by Gasteiger charge is -2.23. The number of nitrogens with zero attached hydrogens (tertiary/aromatic N) is 1. The number of nitrogens with one attached hydrogen (secondary N) is 1. The average Bonchev–Trinajstić information content (AvgIpc) is 2.98. The molecule has 1 heterocycles. The molecule has 134 valence electrons. The van der Waals surface area contributed by atoms with Gasteiger partial charge in [0, 0.05) is 19.0 Å². The second kappa shape index (κ2) is 9.49. The quantitative estimate of drug-likeness (QED) is 0.720. The fraction of sp³-hybridized carbons (Fsp3) is 0.529. The SMILES string of the molecule is CCC[C@@H](NC(N)=O)C(=O)N1C[C@@H](CN)[C@H](c2ccccc2)C1.Cl. The molecule has 1 aliphatic rings. The molecule has 5 N–H and O–H groups in total. The van der Waals surface area contributed by atoms with E-state index >= 15 is 0 Å². The molecule has 0 saturated carbocycles. The molecule has 1 saturated heterocycles. The van der Waals surface area contributed by atoms with Crippen molar-refractivity contribution in [2.75, 3.05) is 19.6 Å². The third-order valence-electron chi connectivity index (χ3n) is 4.48. The van der Waals surface area contributed by atoms with Crippen LogP contribution in [0.5, 0.6) is 0 Å². The lowest BCUT2D eigenvalue weighted by atomic mass is 9.89. The summed E-state index contributed by atoms with van der Waals surface area (Å²) in [6.07, 6.45) is 1.38. The summed E-state index contributed by atoms with van der Waals surface area (Å²) < 4.78 is 0. The molecule has 7 heteroatoms. The molecular formula is C17H27ClN4O2. The lowest BCUT2D eigenvalue weighted by molar-refractivity contribution is -0.132. The maximum atomic E-state index is 12.7. The molecule has 0 aromatic heterocycles. The van der Waals surface area contributed by atoms with Gasteiger partial charge < -0.3 is 21.7 Å². The highest BCUT2D eigenvalue weighted by atomic mass is 35.5. The zero-order valence-corrected chi connectivity index (χ0v) is 14.8. The van der Waals surface area contributed by atoms with Crippen LogP contribution < -0.4 is 16.8 Å². The highest BCUT2D eigenvalue weighted by Gasteiger charge is 2.37. The average molecular weight is 355 g/mol. The molecule has 1 fully saturated rings. The minimum absolute atomic E-state index is 0. The Morgan fingerprint density at radius 3 is 2.50 bits per heavy atom. The lowest BCUT2D eigenvalue weighted by Crippen LogP contribution is -2.49. The molecule has 0 radical (unpaired) electrons. The summed E-state index contributed by atoms with van der Waals surface area (Å²) in [5, 5.41) is 2.56. The molecule has 1 aromatic carbocycles. The summed E-state index contributed by atoms with van der Waals surface area (Å²) in [6, 6.07) is 8.92. The Morgan fingerprint density at radius 2 is 1.96 bits per heavy atom. The van der Waals surface area contributed by atoms with E-state index in [9.17, 15) is 9.59 Å². The van der Waals surface area contributed by atoms with Crippen LogP contribution in [0.2, 0.25) is 0 Å². The first-order chi connectivity index (χ1) is 11.1. The van der Waals surface area contributed by atoms with Gasteiger partial charge in [-0.25, -0.2) is 4.79 Å². The highest BCUT2D eigenvalue weighted by molar-refractivity contribution is 5.86. The Labute approximate surface area is 149 Å². The van der Waals surface area contributed by atoms with E-state index in [-0.39, 0.29) is 30.2 Å². The number of hydrogen-bond donors (Lipinski definition) is 3. The Balaban J connectivity index is 0.00000288. The van der Waals surface area contributed by atoms with E-state index in [0.29, 0.717) is 26.1 Å². The number of primary amides is 1. The number of amides is 3. The number of carbonyl (C=O) groups excluding carboxylic acids is 2. The van der Waals surface area contributed by atoms with E-state index in [2.05, 4.69) is 17.4 Å². The summed E-state index contributed by atoms with van der Waals surface area (Å²) in [5.74, 6) is 0.403. The van der Waals surface area contributed by atoms with E-state index in [1.165, 1.54) is 5.56 Å². The molecule has 0 unspecified atom stereocenters. The van der Waals surface area contributed by atoms with E-state index in [1.54, 1.807) is 0 Å². The van der Waals surface area contributed by atoms with Crippen LogP contribution in [0, 0.1) is 5.92 Å².